The molecule has 1 heterocycles. The second-order valence-electron chi connectivity index (χ2n) is 15.8. The van der Waals surface area contributed by atoms with E-state index >= 15 is 0 Å². The Morgan fingerprint density at radius 3 is 2.36 bits per heavy atom. The van der Waals surface area contributed by atoms with Crippen LogP contribution < -0.4 is 16.4 Å². The highest BCUT2D eigenvalue weighted by Gasteiger charge is 2.62. The van der Waals surface area contributed by atoms with E-state index in [4.69, 9.17) is 5.73 Å². The molecule has 8 atom stereocenters. The van der Waals surface area contributed by atoms with E-state index in [0.29, 0.717) is 47.3 Å². The number of nitrogens with one attached hydrogen (secondary N) is 2. The molecule has 0 aromatic carbocycles. The highest BCUT2D eigenvalue weighted by atomic mass is 16.1. The Hall–Kier alpha value is -1.02. The van der Waals surface area contributed by atoms with Crippen LogP contribution in [-0.4, -0.2) is 85.9 Å². The largest absolute Gasteiger partial charge is 0.354 e. The highest BCUT2D eigenvalue weighted by molar-refractivity contribution is 5.83. The van der Waals surface area contributed by atoms with Crippen LogP contribution in [0.15, 0.2) is 0 Å². The number of carbonyl (C=O) groups is 2. The Morgan fingerprint density at radius 1 is 0.952 bits per heavy atom. The van der Waals surface area contributed by atoms with Crippen molar-refractivity contribution in [2.75, 3.05) is 52.4 Å². The summed E-state index contributed by atoms with van der Waals surface area (Å²) in [4.78, 5) is 31.3. The summed E-state index contributed by atoms with van der Waals surface area (Å²) in [5.74, 6) is 3.43. The molecule has 0 aromatic rings. The molecule has 5 rings (SSSR count). The summed E-state index contributed by atoms with van der Waals surface area (Å²) in [7, 11) is 0. The van der Waals surface area contributed by atoms with E-state index < -0.39 is 0 Å². The number of amides is 1. The second-order valence-corrected chi connectivity index (χ2v) is 15.8. The number of ketones is 1. The summed E-state index contributed by atoms with van der Waals surface area (Å²) in [5, 5.41) is 6.98. The highest BCUT2D eigenvalue weighted by Crippen LogP contribution is 2.67. The van der Waals surface area contributed by atoms with E-state index in [1.54, 1.807) is 0 Å². The number of carbonyl (C=O) groups excluding carboxylic acids is 2. The first kappa shape index (κ1) is 32.4. The average Bonchev–Trinajstić information content (AvgIpc) is 3.29. The normalized spacial score (nSPS) is 39.1. The van der Waals surface area contributed by atoms with Crippen LogP contribution in [0.25, 0.3) is 0 Å². The molecule has 7 heteroatoms. The van der Waals surface area contributed by atoms with Gasteiger partial charge in [-0.05, 0) is 126 Å². The molecule has 5 fully saturated rings. The third-order valence-corrected chi connectivity index (χ3v) is 13.1. The summed E-state index contributed by atoms with van der Waals surface area (Å²) < 4.78 is 0. The van der Waals surface area contributed by atoms with Gasteiger partial charge in [0.1, 0.15) is 5.78 Å². The minimum atomic E-state index is 0.191. The molecular weight excluding hydrogens is 522 g/mol. The van der Waals surface area contributed by atoms with Crippen LogP contribution in [-0.2, 0) is 9.59 Å². The molecule has 4 aliphatic carbocycles. The molecule has 0 bridgehead atoms. The zero-order valence-electron chi connectivity index (χ0n) is 27.5. The monoisotopic (exact) mass is 585 g/mol. The number of nitrogens with two attached hydrogens (primary N) is 1. The minimum Gasteiger partial charge on any atom is -0.354 e. The second kappa shape index (κ2) is 14.0. The van der Waals surface area contributed by atoms with Gasteiger partial charge in [0, 0.05) is 70.1 Å². The van der Waals surface area contributed by atoms with Gasteiger partial charge in [-0.3, -0.25) is 14.5 Å². The third-order valence-electron chi connectivity index (χ3n) is 13.1. The van der Waals surface area contributed by atoms with Gasteiger partial charge < -0.3 is 21.3 Å². The Balaban J connectivity index is 1.10. The molecule has 0 spiro atoms. The van der Waals surface area contributed by atoms with Crippen molar-refractivity contribution in [1.29, 1.82) is 0 Å². The molecule has 1 amide bonds. The SMILES string of the molecule is CC(C)NC(=O)CCC[C@H]1CCC2C3C(=O)CC4C[C@@H](NCCN5CCN(CCCN)CC5)CC[C@]4(C)C3CC[C@@]21C. The number of fused-ring (bicyclic) bond motifs is 5. The van der Waals surface area contributed by atoms with Crippen LogP contribution in [0.1, 0.15) is 105 Å². The number of hydrogen-bond acceptors (Lipinski definition) is 6. The Bertz CT molecular complexity index is 919. The lowest BCUT2D eigenvalue weighted by molar-refractivity contribution is -0.156. The third kappa shape index (κ3) is 6.94. The van der Waals surface area contributed by atoms with Gasteiger partial charge in [-0.25, -0.2) is 0 Å². The lowest BCUT2D eigenvalue weighted by Gasteiger charge is -2.60. The molecule has 4 unspecified atom stereocenters. The molecule has 0 radical (unpaired) electrons. The fourth-order valence-corrected chi connectivity index (χ4v) is 10.6. The Labute approximate surface area is 256 Å². The van der Waals surface area contributed by atoms with Crippen molar-refractivity contribution in [2.24, 2.45) is 46.2 Å². The maximum Gasteiger partial charge on any atom is 0.220 e. The van der Waals surface area contributed by atoms with Gasteiger partial charge in [0.05, 0.1) is 0 Å². The van der Waals surface area contributed by atoms with E-state index in [0.717, 1.165) is 51.9 Å². The predicted molar refractivity (Wildman–Crippen MR) is 171 cm³/mol. The number of rotatable bonds is 12. The number of hydrogen-bond donors (Lipinski definition) is 3. The van der Waals surface area contributed by atoms with Crippen molar-refractivity contribution in [2.45, 2.75) is 117 Å². The number of Topliss-reactive ketones (excluding diaryl/α,β-unsaturated/α-hetero) is 1. The summed E-state index contributed by atoms with van der Waals surface area (Å²) in [6.45, 7) is 18.0. The zero-order chi connectivity index (χ0) is 29.9. The topological polar surface area (TPSA) is 90.7 Å². The first-order valence-electron chi connectivity index (χ1n) is 17.8. The predicted octanol–water partition coefficient (Wildman–Crippen LogP) is 4.44. The summed E-state index contributed by atoms with van der Waals surface area (Å²) >= 11 is 0. The van der Waals surface area contributed by atoms with E-state index in [9.17, 15) is 9.59 Å². The molecule has 1 saturated heterocycles. The minimum absolute atomic E-state index is 0.191. The first-order valence-corrected chi connectivity index (χ1v) is 17.8. The first-order chi connectivity index (χ1) is 20.1. The molecule has 240 valence electrons. The average molecular weight is 586 g/mol. The van der Waals surface area contributed by atoms with Crippen molar-refractivity contribution in [3.63, 3.8) is 0 Å². The van der Waals surface area contributed by atoms with Gasteiger partial charge >= 0.3 is 0 Å². The van der Waals surface area contributed by atoms with Gasteiger partial charge in [-0.2, -0.15) is 0 Å². The Kier molecular flexibility index (Phi) is 10.8. The molecule has 42 heavy (non-hydrogen) atoms. The lowest BCUT2D eigenvalue weighted by atomic mass is 9.44. The van der Waals surface area contributed by atoms with Crippen LogP contribution >= 0.6 is 0 Å². The van der Waals surface area contributed by atoms with Crippen molar-refractivity contribution in [1.82, 2.24) is 20.4 Å². The molecule has 1 aliphatic heterocycles. The number of nitrogens with zero attached hydrogens (tertiary/aromatic N) is 2. The quantitative estimate of drug-likeness (QED) is 0.314. The lowest BCUT2D eigenvalue weighted by Crippen LogP contribution is -2.58. The molecule has 0 aromatic heterocycles. The fourth-order valence-electron chi connectivity index (χ4n) is 10.6. The van der Waals surface area contributed by atoms with Crippen LogP contribution in [0.5, 0.6) is 0 Å². The van der Waals surface area contributed by atoms with Gasteiger partial charge in [-0.1, -0.05) is 13.8 Å². The molecule has 4 N–H and O–H groups in total. The van der Waals surface area contributed by atoms with Gasteiger partial charge in [0.15, 0.2) is 0 Å². The molecule has 5 aliphatic rings. The van der Waals surface area contributed by atoms with Crippen molar-refractivity contribution >= 4 is 11.7 Å². The maximum absolute atomic E-state index is 14.0. The van der Waals surface area contributed by atoms with Crippen molar-refractivity contribution in [3.8, 4) is 0 Å². The van der Waals surface area contributed by atoms with Gasteiger partial charge in [0.2, 0.25) is 5.91 Å². The van der Waals surface area contributed by atoms with Crippen molar-refractivity contribution in [3.05, 3.63) is 0 Å². The molecule has 4 saturated carbocycles. The zero-order valence-corrected chi connectivity index (χ0v) is 27.5. The maximum atomic E-state index is 14.0. The van der Waals surface area contributed by atoms with Crippen molar-refractivity contribution < 1.29 is 9.59 Å². The molecule has 7 nitrogen and oxygen atoms in total. The van der Waals surface area contributed by atoms with E-state index in [1.165, 1.54) is 71.1 Å². The fraction of sp³-hybridized carbons (Fsp3) is 0.943. The van der Waals surface area contributed by atoms with Gasteiger partial charge in [0.25, 0.3) is 0 Å². The van der Waals surface area contributed by atoms with Gasteiger partial charge in [-0.15, -0.1) is 0 Å². The van der Waals surface area contributed by atoms with Crippen LogP contribution in [0, 0.1) is 40.4 Å². The van der Waals surface area contributed by atoms with Crippen LogP contribution in [0.3, 0.4) is 0 Å². The Morgan fingerprint density at radius 2 is 1.64 bits per heavy atom. The van der Waals surface area contributed by atoms with E-state index in [1.807, 2.05) is 13.8 Å². The van der Waals surface area contributed by atoms with Crippen LogP contribution in [0.4, 0.5) is 0 Å². The van der Waals surface area contributed by atoms with E-state index in [2.05, 4.69) is 34.3 Å². The summed E-state index contributed by atoms with van der Waals surface area (Å²) in [6, 6.07) is 0.781. The smallest absolute Gasteiger partial charge is 0.220 e. The van der Waals surface area contributed by atoms with E-state index in [-0.39, 0.29) is 23.3 Å². The standard InChI is InChI=1S/C35H63N5O2/c1-25(2)38-32(42)8-5-7-26-9-10-29-33-30(12-14-34(26,29)3)35(4)13-11-28(23-27(35)24-31(33)41)37-16-18-40-21-19-39(20-22-40)17-6-15-36/h25-30,33,37H,5-24,36H2,1-4H3,(H,38,42)/t26-,27?,28-,29?,30?,33?,34+,35-/m0/s1. The van der Waals surface area contributed by atoms with Crippen LogP contribution in [0.2, 0.25) is 0 Å². The number of piperazine rings is 1. The summed E-state index contributed by atoms with van der Waals surface area (Å²) in [5.41, 5.74) is 6.29. The summed E-state index contributed by atoms with van der Waals surface area (Å²) in [6.07, 6.45) is 13.4. The molecular formula is C35H63N5O2.